The molecule has 0 heterocycles. The van der Waals surface area contributed by atoms with E-state index in [0.29, 0.717) is 6.04 Å². The number of ether oxygens (including phenoxy) is 1. The maximum atomic E-state index is 11.4. The molecule has 1 aliphatic carbocycles. The fraction of sp³-hybridized carbons (Fsp3) is 0.500. The van der Waals surface area contributed by atoms with E-state index in [1.807, 2.05) is 24.3 Å². The third kappa shape index (κ3) is 3.74. The summed E-state index contributed by atoms with van der Waals surface area (Å²) in [5.74, 6) is -0.129. The van der Waals surface area contributed by atoms with Gasteiger partial charge in [-0.1, -0.05) is 18.9 Å². The third-order valence-electron chi connectivity index (χ3n) is 3.15. The number of carbonyl (C=O) groups excluding carboxylic acids is 1. The molecular formula is C14H20N2O2. The summed E-state index contributed by atoms with van der Waals surface area (Å²) in [6.45, 7) is 0.0836. The summed E-state index contributed by atoms with van der Waals surface area (Å²) in [5.41, 5.74) is 1.87. The van der Waals surface area contributed by atoms with E-state index in [4.69, 9.17) is 4.74 Å². The third-order valence-corrected chi connectivity index (χ3v) is 3.15. The van der Waals surface area contributed by atoms with Gasteiger partial charge < -0.3 is 15.4 Å². The number of methoxy groups -OCH3 is 1. The van der Waals surface area contributed by atoms with Gasteiger partial charge in [0.05, 0.1) is 0 Å². The lowest BCUT2D eigenvalue weighted by molar-refractivity contribution is -0.119. The molecule has 0 aromatic heterocycles. The van der Waals surface area contributed by atoms with Crippen molar-refractivity contribution in [3.63, 3.8) is 0 Å². The van der Waals surface area contributed by atoms with Crippen LogP contribution in [0.15, 0.2) is 24.3 Å². The SMILES string of the molecule is COCC(=O)Nc1cccc(NC2CCCC2)c1. The van der Waals surface area contributed by atoms with Crippen molar-refractivity contribution >= 4 is 17.3 Å². The topological polar surface area (TPSA) is 50.4 Å². The van der Waals surface area contributed by atoms with Crippen molar-refractivity contribution in [2.75, 3.05) is 24.4 Å². The van der Waals surface area contributed by atoms with Crippen LogP contribution in [0.1, 0.15) is 25.7 Å². The molecule has 0 bridgehead atoms. The average Bonchev–Trinajstić information content (AvgIpc) is 2.82. The Morgan fingerprint density at radius 1 is 1.33 bits per heavy atom. The van der Waals surface area contributed by atoms with Gasteiger partial charge in [0.15, 0.2) is 0 Å². The van der Waals surface area contributed by atoms with E-state index in [9.17, 15) is 4.79 Å². The molecule has 1 amide bonds. The lowest BCUT2D eigenvalue weighted by Gasteiger charge is -2.14. The normalized spacial score (nSPS) is 15.6. The fourth-order valence-electron chi connectivity index (χ4n) is 2.32. The number of amides is 1. The van der Waals surface area contributed by atoms with Gasteiger partial charge in [0.25, 0.3) is 0 Å². The molecule has 0 spiro atoms. The molecule has 18 heavy (non-hydrogen) atoms. The smallest absolute Gasteiger partial charge is 0.250 e. The lowest BCUT2D eigenvalue weighted by atomic mass is 10.2. The Bertz CT molecular complexity index is 401. The van der Waals surface area contributed by atoms with Gasteiger partial charge in [-0.15, -0.1) is 0 Å². The van der Waals surface area contributed by atoms with Crippen molar-refractivity contribution in [3.05, 3.63) is 24.3 Å². The monoisotopic (exact) mass is 248 g/mol. The number of carbonyl (C=O) groups is 1. The summed E-state index contributed by atoms with van der Waals surface area (Å²) in [4.78, 5) is 11.4. The highest BCUT2D eigenvalue weighted by Crippen LogP contribution is 2.23. The second kappa shape index (κ2) is 6.40. The standard InChI is InChI=1S/C14H20N2O2/c1-18-10-14(17)16-13-8-4-7-12(9-13)15-11-5-2-3-6-11/h4,7-9,11,15H,2-3,5-6,10H2,1H3,(H,16,17). The van der Waals surface area contributed by atoms with Gasteiger partial charge in [0.1, 0.15) is 6.61 Å². The number of benzene rings is 1. The molecule has 1 aromatic carbocycles. The van der Waals surface area contributed by atoms with Crippen LogP contribution in [0.3, 0.4) is 0 Å². The van der Waals surface area contributed by atoms with Gasteiger partial charge >= 0.3 is 0 Å². The molecule has 0 atom stereocenters. The highest BCUT2D eigenvalue weighted by molar-refractivity contribution is 5.92. The number of hydrogen-bond acceptors (Lipinski definition) is 3. The summed E-state index contributed by atoms with van der Waals surface area (Å²) in [6, 6.07) is 8.40. The van der Waals surface area contributed by atoms with Crippen LogP contribution < -0.4 is 10.6 Å². The van der Waals surface area contributed by atoms with Crippen LogP contribution in [0, 0.1) is 0 Å². The second-order valence-corrected chi connectivity index (χ2v) is 4.69. The Morgan fingerprint density at radius 2 is 2.06 bits per heavy atom. The predicted octanol–water partition coefficient (Wildman–Crippen LogP) is 2.63. The first kappa shape index (κ1) is 12.9. The van der Waals surface area contributed by atoms with Crippen molar-refractivity contribution in [1.82, 2.24) is 0 Å². The molecule has 1 fully saturated rings. The van der Waals surface area contributed by atoms with Crippen LogP contribution in [0.4, 0.5) is 11.4 Å². The quantitative estimate of drug-likeness (QED) is 0.842. The van der Waals surface area contributed by atoms with Gasteiger partial charge in [-0.3, -0.25) is 4.79 Å². The van der Waals surface area contributed by atoms with Crippen LogP contribution in [0.2, 0.25) is 0 Å². The summed E-state index contributed by atoms with van der Waals surface area (Å²) in [6.07, 6.45) is 5.09. The minimum atomic E-state index is -0.129. The molecule has 1 aliphatic rings. The molecule has 0 saturated heterocycles. The highest BCUT2D eigenvalue weighted by atomic mass is 16.5. The zero-order valence-corrected chi connectivity index (χ0v) is 10.7. The molecule has 2 rings (SSSR count). The van der Waals surface area contributed by atoms with Crippen molar-refractivity contribution in [3.8, 4) is 0 Å². The molecule has 0 radical (unpaired) electrons. The Labute approximate surface area is 108 Å². The fourth-order valence-corrected chi connectivity index (χ4v) is 2.32. The van der Waals surface area contributed by atoms with Crippen LogP contribution in [0.25, 0.3) is 0 Å². The summed E-state index contributed by atoms with van der Waals surface area (Å²) < 4.78 is 4.79. The molecular weight excluding hydrogens is 228 g/mol. The Hall–Kier alpha value is -1.55. The van der Waals surface area contributed by atoms with Gasteiger partial charge in [-0.2, -0.15) is 0 Å². The van der Waals surface area contributed by atoms with E-state index in [0.717, 1.165) is 11.4 Å². The molecule has 0 unspecified atom stereocenters. The van der Waals surface area contributed by atoms with Crippen molar-refractivity contribution < 1.29 is 9.53 Å². The Balaban J connectivity index is 1.93. The molecule has 98 valence electrons. The average molecular weight is 248 g/mol. The zero-order chi connectivity index (χ0) is 12.8. The van der Waals surface area contributed by atoms with Crippen molar-refractivity contribution in [2.24, 2.45) is 0 Å². The Kier molecular flexibility index (Phi) is 4.59. The zero-order valence-electron chi connectivity index (χ0n) is 10.7. The molecule has 4 heteroatoms. The summed E-state index contributed by atoms with van der Waals surface area (Å²) in [5, 5.41) is 6.31. The molecule has 0 aliphatic heterocycles. The Morgan fingerprint density at radius 3 is 2.78 bits per heavy atom. The van der Waals surface area contributed by atoms with Gasteiger partial charge in [-0.25, -0.2) is 0 Å². The van der Waals surface area contributed by atoms with Gasteiger partial charge in [-0.05, 0) is 31.0 Å². The van der Waals surface area contributed by atoms with E-state index >= 15 is 0 Å². The molecule has 2 N–H and O–H groups in total. The van der Waals surface area contributed by atoms with Crippen LogP contribution >= 0.6 is 0 Å². The van der Waals surface area contributed by atoms with E-state index in [1.54, 1.807) is 0 Å². The largest absolute Gasteiger partial charge is 0.382 e. The summed E-state index contributed by atoms with van der Waals surface area (Å²) >= 11 is 0. The highest BCUT2D eigenvalue weighted by Gasteiger charge is 2.14. The van der Waals surface area contributed by atoms with Crippen LogP contribution in [-0.2, 0) is 9.53 Å². The van der Waals surface area contributed by atoms with Crippen molar-refractivity contribution in [2.45, 2.75) is 31.7 Å². The molecule has 1 aromatic rings. The number of anilines is 2. The maximum Gasteiger partial charge on any atom is 0.250 e. The number of rotatable bonds is 5. The minimum Gasteiger partial charge on any atom is -0.382 e. The van der Waals surface area contributed by atoms with E-state index < -0.39 is 0 Å². The predicted molar refractivity (Wildman–Crippen MR) is 72.8 cm³/mol. The van der Waals surface area contributed by atoms with E-state index in [2.05, 4.69) is 10.6 Å². The molecule has 4 nitrogen and oxygen atoms in total. The number of hydrogen-bond donors (Lipinski definition) is 2. The second-order valence-electron chi connectivity index (χ2n) is 4.69. The minimum absolute atomic E-state index is 0.0836. The lowest BCUT2D eigenvalue weighted by Crippen LogP contribution is -2.18. The number of nitrogens with one attached hydrogen (secondary N) is 2. The first-order valence-corrected chi connectivity index (χ1v) is 6.43. The van der Waals surface area contributed by atoms with Crippen LogP contribution in [0.5, 0.6) is 0 Å². The van der Waals surface area contributed by atoms with Crippen LogP contribution in [-0.4, -0.2) is 25.7 Å². The molecule has 1 saturated carbocycles. The van der Waals surface area contributed by atoms with Gasteiger partial charge in [0.2, 0.25) is 5.91 Å². The summed E-state index contributed by atoms with van der Waals surface area (Å²) in [7, 11) is 1.51. The van der Waals surface area contributed by atoms with E-state index in [-0.39, 0.29) is 12.5 Å². The first-order chi connectivity index (χ1) is 8.78. The van der Waals surface area contributed by atoms with Gasteiger partial charge in [0, 0.05) is 24.5 Å². The van der Waals surface area contributed by atoms with E-state index in [1.165, 1.54) is 32.8 Å². The maximum absolute atomic E-state index is 11.4. The van der Waals surface area contributed by atoms with Crippen molar-refractivity contribution in [1.29, 1.82) is 0 Å². The first-order valence-electron chi connectivity index (χ1n) is 6.43.